The van der Waals surface area contributed by atoms with Crippen molar-refractivity contribution in [1.82, 2.24) is 5.32 Å². The molecule has 1 N–H and O–H groups in total. The van der Waals surface area contributed by atoms with Crippen LogP contribution in [0.3, 0.4) is 0 Å². The van der Waals surface area contributed by atoms with Gasteiger partial charge in [-0.25, -0.2) is 4.39 Å². The predicted octanol–water partition coefficient (Wildman–Crippen LogP) is 2.56. The quantitative estimate of drug-likeness (QED) is 0.831. The maximum absolute atomic E-state index is 12.9. The number of ether oxygens (including phenoxy) is 1. The van der Waals surface area contributed by atoms with Crippen LogP contribution >= 0.6 is 12.2 Å². The van der Waals surface area contributed by atoms with Gasteiger partial charge in [0, 0.05) is 25.4 Å². The predicted molar refractivity (Wildman–Crippen MR) is 76.5 cm³/mol. The fourth-order valence-electron chi connectivity index (χ4n) is 1.64. The Kier molecular flexibility index (Phi) is 6.01. The van der Waals surface area contributed by atoms with E-state index in [4.69, 9.17) is 17.0 Å². The second kappa shape index (κ2) is 7.28. The number of hydrogen-bond donors (Lipinski definition) is 1. The Morgan fingerprint density at radius 2 is 2.06 bits per heavy atom. The molecule has 0 saturated carbocycles. The summed E-state index contributed by atoms with van der Waals surface area (Å²) in [5.41, 5.74) is 0.876. The van der Waals surface area contributed by atoms with E-state index in [1.54, 1.807) is 19.2 Å². The zero-order valence-corrected chi connectivity index (χ0v) is 11.8. The molecule has 1 atom stereocenters. The summed E-state index contributed by atoms with van der Waals surface area (Å²) in [4.78, 5) is 1.92. The first-order valence-electron chi connectivity index (χ1n) is 5.91. The lowest BCUT2D eigenvalue weighted by Gasteiger charge is -2.26. The molecule has 18 heavy (non-hydrogen) atoms. The lowest BCUT2D eigenvalue weighted by Crippen LogP contribution is -2.45. The van der Waals surface area contributed by atoms with E-state index in [9.17, 15) is 4.39 Å². The lowest BCUT2D eigenvalue weighted by atomic mass is 10.3. The van der Waals surface area contributed by atoms with Crippen molar-refractivity contribution in [2.75, 3.05) is 25.2 Å². The lowest BCUT2D eigenvalue weighted by molar-refractivity contribution is 0.179. The first-order valence-corrected chi connectivity index (χ1v) is 6.31. The highest BCUT2D eigenvalue weighted by molar-refractivity contribution is 7.80. The number of halogens is 1. The van der Waals surface area contributed by atoms with E-state index in [1.165, 1.54) is 12.1 Å². The first kappa shape index (κ1) is 14.9. The molecule has 3 nitrogen and oxygen atoms in total. The fourth-order valence-corrected chi connectivity index (χ4v) is 2.08. The van der Waals surface area contributed by atoms with Gasteiger partial charge in [0.15, 0.2) is 5.11 Å². The van der Waals surface area contributed by atoms with Gasteiger partial charge in [-0.05, 0) is 50.3 Å². The largest absolute Gasteiger partial charge is 0.383 e. The Bertz CT molecular complexity index is 383. The van der Waals surface area contributed by atoms with Crippen molar-refractivity contribution >= 4 is 23.0 Å². The summed E-state index contributed by atoms with van der Waals surface area (Å²) >= 11 is 5.35. The van der Waals surface area contributed by atoms with Gasteiger partial charge in [-0.2, -0.15) is 0 Å². The monoisotopic (exact) mass is 270 g/mol. The molecular formula is C13H19FN2OS. The molecule has 0 bridgehead atoms. The van der Waals surface area contributed by atoms with Crippen LogP contribution in [0.25, 0.3) is 0 Å². The molecule has 0 fully saturated rings. The van der Waals surface area contributed by atoms with Crippen LogP contribution in [-0.2, 0) is 4.74 Å². The smallest absolute Gasteiger partial charge is 0.173 e. The van der Waals surface area contributed by atoms with Gasteiger partial charge in [-0.15, -0.1) is 0 Å². The van der Waals surface area contributed by atoms with E-state index < -0.39 is 0 Å². The molecule has 5 heteroatoms. The first-order chi connectivity index (χ1) is 8.58. The standard InChI is InChI=1S/C13H19FN2OS/c1-4-16(12-7-5-11(14)6-8-12)13(18)15-10(2)9-17-3/h5-8,10H,4,9H2,1-3H3,(H,15,18). The second-order valence-electron chi connectivity index (χ2n) is 4.03. The number of thiocarbonyl (C=S) groups is 1. The van der Waals surface area contributed by atoms with Crippen LogP contribution in [0.2, 0.25) is 0 Å². The maximum Gasteiger partial charge on any atom is 0.173 e. The molecule has 100 valence electrons. The van der Waals surface area contributed by atoms with Crippen molar-refractivity contribution in [2.45, 2.75) is 19.9 Å². The Morgan fingerprint density at radius 3 is 2.56 bits per heavy atom. The van der Waals surface area contributed by atoms with Crippen molar-refractivity contribution in [3.63, 3.8) is 0 Å². The maximum atomic E-state index is 12.9. The second-order valence-corrected chi connectivity index (χ2v) is 4.41. The Labute approximate surface area is 113 Å². The molecule has 0 aliphatic carbocycles. The minimum absolute atomic E-state index is 0.136. The van der Waals surface area contributed by atoms with E-state index in [1.807, 2.05) is 18.7 Å². The number of methoxy groups -OCH3 is 1. The highest BCUT2D eigenvalue weighted by atomic mass is 32.1. The molecule has 1 aromatic carbocycles. The molecule has 0 radical (unpaired) electrons. The molecular weight excluding hydrogens is 251 g/mol. The molecule has 0 saturated heterocycles. The normalized spacial score (nSPS) is 12.0. The average molecular weight is 270 g/mol. The van der Waals surface area contributed by atoms with Crippen LogP contribution in [-0.4, -0.2) is 31.4 Å². The molecule has 0 spiro atoms. The third kappa shape index (κ3) is 4.23. The molecule has 0 aromatic heterocycles. The van der Waals surface area contributed by atoms with Gasteiger partial charge in [0.05, 0.1) is 6.61 Å². The van der Waals surface area contributed by atoms with E-state index in [2.05, 4.69) is 5.32 Å². The van der Waals surface area contributed by atoms with Crippen molar-refractivity contribution in [3.8, 4) is 0 Å². The van der Waals surface area contributed by atoms with Crippen molar-refractivity contribution in [2.24, 2.45) is 0 Å². The Hall–Kier alpha value is -1.20. The van der Waals surface area contributed by atoms with Crippen LogP contribution in [0.5, 0.6) is 0 Å². The summed E-state index contributed by atoms with van der Waals surface area (Å²) in [6.45, 7) is 5.30. The average Bonchev–Trinajstić information content (AvgIpc) is 2.32. The molecule has 0 aliphatic heterocycles. The van der Waals surface area contributed by atoms with Gasteiger partial charge in [-0.3, -0.25) is 0 Å². The van der Waals surface area contributed by atoms with Gasteiger partial charge in [-0.1, -0.05) is 0 Å². The van der Waals surface area contributed by atoms with Crippen LogP contribution < -0.4 is 10.2 Å². The summed E-state index contributed by atoms with van der Waals surface area (Å²) < 4.78 is 17.9. The highest BCUT2D eigenvalue weighted by Gasteiger charge is 2.12. The highest BCUT2D eigenvalue weighted by Crippen LogP contribution is 2.14. The summed E-state index contributed by atoms with van der Waals surface area (Å²) in [5, 5.41) is 3.80. The Balaban J connectivity index is 2.71. The summed E-state index contributed by atoms with van der Waals surface area (Å²) in [7, 11) is 1.65. The van der Waals surface area contributed by atoms with Gasteiger partial charge in [0.2, 0.25) is 0 Å². The van der Waals surface area contributed by atoms with E-state index in [0.29, 0.717) is 11.7 Å². The summed E-state index contributed by atoms with van der Waals surface area (Å²) in [5.74, 6) is -0.249. The molecule has 1 aromatic rings. The molecule has 0 aliphatic rings. The van der Waals surface area contributed by atoms with E-state index >= 15 is 0 Å². The fraction of sp³-hybridized carbons (Fsp3) is 0.462. The number of benzene rings is 1. The number of anilines is 1. The van der Waals surface area contributed by atoms with Gasteiger partial charge < -0.3 is 15.0 Å². The number of nitrogens with zero attached hydrogens (tertiary/aromatic N) is 1. The summed E-state index contributed by atoms with van der Waals surface area (Å²) in [6, 6.07) is 6.43. The molecule has 0 amide bonds. The summed E-state index contributed by atoms with van der Waals surface area (Å²) in [6.07, 6.45) is 0. The molecule has 0 heterocycles. The third-order valence-electron chi connectivity index (χ3n) is 2.49. The third-order valence-corrected chi connectivity index (χ3v) is 2.82. The van der Waals surface area contributed by atoms with Crippen LogP contribution in [0.1, 0.15) is 13.8 Å². The minimum Gasteiger partial charge on any atom is -0.383 e. The number of rotatable bonds is 5. The van der Waals surface area contributed by atoms with Crippen molar-refractivity contribution in [1.29, 1.82) is 0 Å². The van der Waals surface area contributed by atoms with Gasteiger partial charge in [0.25, 0.3) is 0 Å². The van der Waals surface area contributed by atoms with Crippen LogP contribution in [0.4, 0.5) is 10.1 Å². The zero-order chi connectivity index (χ0) is 13.5. The number of hydrogen-bond acceptors (Lipinski definition) is 2. The molecule has 1 unspecified atom stereocenters. The van der Waals surface area contributed by atoms with Crippen molar-refractivity contribution in [3.05, 3.63) is 30.1 Å². The minimum atomic E-state index is -0.249. The number of nitrogens with one attached hydrogen (secondary N) is 1. The topological polar surface area (TPSA) is 24.5 Å². The SMILES string of the molecule is CCN(C(=S)NC(C)COC)c1ccc(F)cc1. The van der Waals surface area contributed by atoms with Crippen LogP contribution in [0.15, 0.2) is 24.3 Å². The van der Waals surface area contributed by atoms with E-state index in [-0.39, 0.29) is 11.9 Å². The van der Waals surface area contributed by atoms with Crippen molar-refractivity contribution < 1.29 is 9.13 Å². The van der Waals surface area contributed by atoms with Crippen LogP contribution in [0, 0.1) is 5.82 Å². The van der Waals surface area contributed by atoms with Gasteiger partial charge in [0.1, 0.15) is 5.82 Å². The zero-order valence-electron chi connectivity index (χ0n) is 10.9. The van der Waals surface area contributed by atoms with E-state index in [0.717, 1.165) is 12.2 Å². The Morgan fingerprint density at radius 1 is 1.44 bits per heavy atom. The van der Waals surface area contributed by atoms with Gasteiger partial charge >= 0.3 is 0 Å². The molecule has 1 rings (SSSR count).